The van der Waals surface area contributed by atoms with Crippen LogP contribution in [0.3, 0.4) is 0 Å². The third kappa shape index (κ3) is 4.13. The summed E-state index contributed by atoms with van der Waals surface area (Å²) in [5.74, 6) is -3.06. The van der Waals surface area contributed by atoms with Gasteiger partial charge in [-0.1, -0.05) is 13.0 Å². The van der Waals surface area contributed by atoms with E-state index in [4.69, 9.17) is 18.9 Å². The molecule has 0 unspecified atom stereocenters. The van der Waals surface area contributed by atoms with E-state index in [2.05, 4.69) is 0 Å². The number of Topliss-reactive ketones (excluding diaryl/α,β-unsaturated/α-hetero) is 1. The molecule has 2 fully saturated rings. The van der Waals surface area contributed by atoms with Gasteiger partial charge in [-0.15, -0.1) is 0 Å². The number of esters is 3. The molecular weight excluding hydrogens is 394 g/mol. The highest BCUT2D eigenvalue weighted by Gasteiger charge is 2.64. The summed E-state index contributed by atoms with van der Waals surface area (Å²) in [6.45, 7) is 6.82. The lowest BCUT2D eigenvalue weighted by Crippen LogP contribution is -2.50. The second-order valence-electron chi connectivity index (χ2n) is 8.57. The number of nitrogens with zero attached hydrogens (tertiary/aromatic N) is 1. The molecule has 0 aliphatic carbocycles. The van der Waals surface area contributed by atoms with Crippen LogP contribution < -0.4 is 0 Å². The first kappa shape index (κ1) is 22.4. The number of ketones is 1. The molecule has 0 N–H and O–H groups in total. The van der Waals surface area contributed by atoms with Crippen molar-refractivity contribution < 1.29 is 38.1 Å². The van der Waals surface area contributed by atoms with Crippen LogP contribution in [0.25, 0.3) is 0 Å². The first-order valence-electron chi connectivity index (χ1n) is 10.2. The number of epoxide rings is 1. The van der Waals surface area contributed by atoms with Gasteiger partial charge in [-0.2, -0.15) is 0 Å². The lowest BCUT2D eigenvalue weighted by atomic mass is 9.81. The Hall–Kier alpha value is -2.26. The van der Waals surface area contributed by atoms with E-state index in [1.54, 1.807) is 19.9 Å². The number of carbonyl (C=O) groups is 4. The Morgan fingerprint density at radius 2 is 1.90 bits per heavy atom. The standard InChI is InChI=1S/C21H29NO8/c1-12-10-21(13(2)29-21)19(26)28-16-7-9-22(5)8-6-15(17(16)24)11-27-18(25)20(12,4)30-14(3)23/h6,12-13,16H,7-11H2,1-5H3/t12-,13-,16-,20-,21-/m1/s1. The summed E-state index contributed by atoms with van der Waals surface area (Å²) in [6.07, 6.45) is 0.648. The van der Waals surface area contributed by atoms with Gasteiger partial charge in [-0.3, -0.25) is 9.59 Å². The van der Waals surface area contributed by atoms with Crippen LogP contribution in [0.5, 0.6) is 0 Å². The Kier molecular flexibility index (Phi) is 6.06. The van der Waals surface area contributed by atoms with E-state index >= 15 is 0 Å². The van der Waals surface area contributed by atoms with E-state index in [0.29, 0.717) is 19.5 Å². The Bertz CT molecular complexity index is 792. The molecule has 2 saturated heterocycles. The van der Waals surface area contributed by atoms with Crippen LogP contribution >= 0.6 is 0 Å². The molecule has 0 radical (unpaired) electrons. The van der Waals surface area contributed by atoms with Gasteiger partial charge in [-0.25, -0.2) is 9.59 Å². The van der Waals surface area contributed by atoms with Crippen LogP contribution in [0, 0.1) is 5.92 Å². The number of fused-ring (bicyclic) bond motifs is 2. The first-order chi connectivity index (χ1) is 14.0. The number of ether oxygens (including phenoxy) is 4. The Balaban J connectivity index is 2.01. The summed E-state index contributed by atoms with van der Waals surface area (Å²) >= 11 is 0. The molecule has 0 amide bonds. The van der Waals surface area contributed by atoms with Crippen LogP contribution in [-0.2, 0) is 38.1 Å². The van der Waals surface area contributed by atoms with Crippen molar-refractivity contribution in [1.82, 2.24) is 4.90 Å². The third-order valence-corrected chi connectivity index (χ3v) is 6.28. The van der Waals surface area contributed by atoms with E-state index in [1.165, 1.54) is 13.8 Å². The van der Waals surface area contributed by atoms with E-state index in [-0.39, 0.29) is 18.6 Å². The molecule has 3 heterocycles. The van der Waals surface area contributed by atoms with Crippen LogP contribution in [0.1, 0.15) is 40.5 Å². The predicted molar refractivity (Wildman–Crippen MR) is 103 cm³/mol. The van der Waals surface area contributed by atoms with Crippen molar-refractivity contribution in [2.75, 3.05) is 26.7 Å². The summed E-state index contributed by atoms with van der Waals surface area (Å²) in [5, 5.41) is 0. The van der Waals surface area contributed by atoms with Crippen LogP contribution in [0.2, 0.25) is 0 Å². The van der Waals surface area contributed by atoms with Gasteiger partial charge in [0.15, 0.2) is 11.7 Å². The summed E-state index contributed by atoms with van der Waals surface area (Å²) in [5.41, 5.74) is -2.70. The number of carbonyl (C=O) groups excluding carboxylic acids is 4. The first-order valence-corrected chi connectivity index (χ1v) is 10.2. The maximum Gasteiger partial charge on any atom is 0.350 e. The topological polar surface area (TPSA) is 112 Å². The van der Waals surface area contributed by atoms with Crippen molar-refractivity contribution in [3.8, 4) is 0 Å². The lowest BCUT2D eigenvalue weighted by Gasteiger charge is -2.35. The van der Waals surface area contributed by atoms with Gasteiger partial charge in [-0.05, 0) is 27.3 Å². The molecule has 0 aromatic heterocycles. The van der Waals surface area contributed by atoms with Gasteiger partial charge in [0, 0.05) is 37.9 Å². The van der Waals surface area contributed by atoms with Gasteiger partial charge in [0.25, 0.3) is 0 Å². The smallest absolute Gasteiger partial charge is 0.350 e. The zero-order valence-corrected chi connectivity index (χ0v) is 18.1. The monoisotopic (exact) mass is 423 g/mol. The maximum absolute atomic E-state index is 13.1. The van der Waals surface area contributed by atoms with Gasteiger partial charge >= 0.3 is 17.9 Å². The van der Waals surface area contributed by atoms with Crippen LogP contribution in [0.15, 0.2) is 11.6 Å². The van der Waals surface area contributed by atoms with Crippen molar-refractivity contribution in [3.05, 3.63) is 11.6 Å². The van der Waals surface area contributed by atoms with Crippen molar-refractivity contribution >= 4 is 23.7 Å². The molecular formula is C21H29NO8. The van der Waals surface area contributed by atoms with Crippen molar-refractivity contribution in [2.24, 2.45) is 5.92 Å². The molecule has 166 valence electrons. The fraction of sp³-hybridized carbons (Fsp3) is 0.714. The highest BCUT2D eigenvalue weighted by molar-refractivity contribution is 6.01. The molecule has 0 aromatic carbocycles. The van der Waals surface area contributed by atoms with E-state index in [0.717, 1.165) is 0 Å². The Morgan fingerprint density at radius 1 is 1.23 bits per heavy atom. The molecule has 1 spiro atoms. The quantitative estimate of drug-likeness (QED) is 0.343. The minimum Gasteiger partial charge on any atom is -0.458 e. The minimum absolute atomic E-state index is 0.0788. The van der Waals surface area contributed by atoms with Crippen molar-refractivity contribution in [3.63, 3.8) is 0 Å². The fourth-order valence-corrected chi connectivity index (χ4v) is 3.98. The number of likely N-dealkylation sites (N-methyl/N-ethyl adjacent to an activating group) is 1. The number of hydrogen-bond donors (Lipinski definition) is 0. The molecule has 0 saturated carbocycles. The number of rotatable bonds is 1. The molecule has 3 rings (SSSR count). The SMILES string of the molecule is CC(=O)O[C@@]1(C)C(=O)OCC2=CCN(C)CC[C@@H](OC(=O)[C@]3(C[C@H]1C)O[C@@H]3C)C2=O. The average Bonchev–Trinajstić information content (AvgIpc) is 3.32. The normalized spacial score (nSPS) is 38.2. The van der Waals surface area contributed by atoms with E-state index < -0.39 is 53.0 Å². The highest BCUT2D eigenvalue weighted by Crippen LogP contribution is 2.46. The number of cyclic esters (lactones) is 1. The second kappa shape index (κ2) is 8.11. The van der Waals surface area contributed by atoms with Gasteiger partial charge in [0.2, 0.25) is 11.4 Å². The molecule has 3 aliphatic heterocycles. The highest BCUT2D eigenvalue weighted by atomic mass is 16.7. The predicted octanol–water partition coefficient (Wildman–Crippen LogP) is 0.792. The van der Waals surface area contributed by atoms with Crippen molar-refractivity contribution in [1.29, 1.82) is 0 Å². The molecule has 5 atom stereocenters. The van der Waals surface area contributed by atoms with E-state index in [9.17, 15) is 19.2 Å². The third-order valence-electron chi connectivity index (χ3n) is 6.28. The molecule has 9 nitrogen and oxygen atoms in total. The van der Waals surface area contributed by atoms with Gasteiger partial charge in [0.1, 0.15) is 6.61 Å². The zero-order chi connectivity index (χ0) is 22.3. The van der Waals surface area contributed by atoms with E-state index in [1.807, 2.05) is 11.9 Å². The zero-order valence-electron chi connectivity index (χ0n) is 18.1. The average molecular weight is 423 g/mol. The van der Waals surface area contributed by atoms with Crippen molar-refractivity contribution in [2.45, 2.75) is 63.9 Å². The summed E-state index contributed by atoms with van der Waals surface area (Å²) in [7, 11) is 1.88. The largest absolute Gasteiger partial charge is 0.458 e. The maximum atomic E-state index is 13.1. The Morgan fingerprint density at radius 3 is 2.50 bits per heavy atom. The van der Waals surface area contributed by atoms with Crippen LogP contribution in [-0.4, -0.2) is 78.7 Å². The second-order valence-corrected chi connectivity index (χ2v) is 8.57. The molecule has 3 aliphatic rings. The summed E-state index contributed by atoms with van der Waals surface area (Å²) in [4.78, 5) is 52.7. The summed E-state index contributed by atoms with van der Waals surface area (Å²) < 4.78 is 22.0. The molecule has 0 aromatic rings. The molecule has 9 heteroatoms. The lowest BCUT2D eigenvalue weighted by molar-refractivity contribution is -0.187. The fourth-order valence-electron chi connectivity index (χ4n) is 3.98. The number of hydrogen-bond acceptors (Lipinski definition) is 9. The van der Waals surface area contributed by atoms with Gasteiger partial charge in [0.05, 0.1) is 6.10 Å². The molecule has 30 heavy (non-hydrogen) atoms. The minimum atomic E-state index is -1.65. The Labute approximate surface area is 175 Å². The molecule has 2 bridgehead atoms. The van der Waals surface area contributed by atoms with Gasteiger partial charge < -0.3 is 23.8 Å². The van der Waals surface area contributed by atoms with Crippen LogP contribution in [0.4, 0.5) is 0 Å². The summed E-state index contributed by atoms with van der Waals surface area (Å²) in [6, 6.07) is 0.